The molecule has 0 unspecified atom stereocenters. The molecule has 5 nitrogen and oxygen atoms in total. The highest BCUT2D eigenvalue weighted by Gasteiger charge is 2.38. The van der Waals surface area contributed by atoms with E-state index in [0.717, 1.165) is 18.0 Å². The monoisotopic (exact) mass is 373 g/mol. The highest BCUT2D eigenvalue weighted by atomic mass is 16.5. The summed E-state index contributed by atoms with van der Waals surface area (Å²) in [5.74, 6) is 1.64. The van der Waals surface area contributed by atoms with Crippen LogP contribution in [0.25, 0.3) is 11.3 Å². The van der Waals surface area contributed by atoms with Gasteiger partial charge < -0.3 is 9.84 Å². The first kappa shape index (κ1) is 17.2. The van der Waals surface area contributed by atoms with Crippen LogP contribution >= 0.6 is 0 Å². The van der Waals surface area contributed by atoms with Gasteiger partial charge in [-0.2, -0.15) is 0 Å². The van der Waals surface area contributed by atoms with E-state index in [4.69, 9.17) is 4.52 Å². The van der Waals surface area contributed by atoms with E-state index in [1.165, 1.54) is 24.8 Å². The molecule has 0 aliphatic heterocycles. The molecule has 3 aromatic rings. The number of carbonyl (C=O) groups is 1. The lowest BCUT2D eigenvalue weighted by atomic mass is 10.1. The van der Waals surface area contributed by atoms with E-state index in [0.29, 0.717) is 29.1 Å². The standard InChI is InChI=1S/C23H23N3O2/c27-23(25-22-13-20(26-28-22)17-4-2-1-3-5-17)18-10-8-16(9-11-18)19-12-21(19)24-14-15-6-7-15/h1-5,8-11,13,15,19,21,24H,6-7,12,14H2,(H,25,27)/t19-,21+/m0/s1. The fraction of sp³-hybridized carbons (Fsp3) is 0.304. The number of benzene rings is 2. The van der Waals surface area contributed by atoms with Gasteiger partial charge >= 0.3 is 0 Å². The molecule has 2 atom stereocenters. The molecule has 2 aromatic carbocycles. The number of rotatable bonds is 7. The minimum atomic E-state index is -0.193. The van der Waals surface area contributed by atoms with Crippen LogP contribution in [-0.2, 0) is 0 Å². The molecule has 2 N–H and O–H groups in total. The van der Waals surface area contributed by atoms with E-state index < -0.39 is 0 Å². The van der Waals surface area contributed by atoms with Crippen LogP contribution in [0.2, 0.25) is 0 Å². The van der Waals surface area contributed by atoms with Crippen molar-refractivity contribution < 1.29 is 9.32 Å². The van der Waals surface area contributed by atoms with E-state index in [1.807, 2.05) is 42.5 Å². The van der Waals surface area contributed by atoms with Crippen LogP contribution in [0.3, 0.4) is 0 Å². The molecule has 1 heterocycles. The summed E-state index contributed by atoms with van der Waals surface area (Å²) in [6.45, 7) is 1.16. The first-order chi connectivity index (χ1) is 13.8. The second kappa shape index (κ2) is 7.24. The first-order valence-electron chi connectivity index (χ1n) is 9.93. The highest BCUT2D eigenvalue weighted by Crippen LogP contribution is 2.41. The maximum atomic E-state index is 12.5. The van der Waals surface area contributed by atoms with Gasteiger partial charge in [-0.1, -0.05) is 47.6 Å². The Bertz CT molecular complexity index is 961. The molecule has 2 aliphatic rings. The molecule has 142 valence electrons. The van der Waals surface area contributed by atoms with Gasteiger partial charge in [-0.05, 0) is 49.4 Å². The van der Waals surface area contributed by atoms with Gasteiger partial charge in [-0.3, -0.25) is 10.1 Å². The smallest absolute Gasteiger partial charge is 0.258 e. The number of anilines is 1. The second-order valence-electron chi connectivity index (χ2n) is 7.82. The SMILES string of the molecule is O=C(Nc1cc(-c2ccccc2)no1)c1ccc([C@@H]2C[C@H]2NCC2CC2)cc1. The summed E-state index contributed by atoms with van der Waals surface area (Å²) in [5, 5.41) is 10.5. The maximum absolute atomic E-state index is 12.5. The number of aromatic nitrogens is 1. The lowest BCUT2D eigenvalue weighted by molar-refractivity contribution is 0.102. The summed E-state index contributed by atoms with van der Waals surface area (Å²) in [5.41, 5.74) is 3.57. The fourth-order valence-corrected chi connectivity index (χ4v) is 3.57. The van der Waals surface area contributed by atoms with Gasteiger partial charge in [-0.25, -0.2) is 0 Å². The highest BCUT2D eigenvalue weighted by molar-refractivity contribution is 6.03. The van der Waals surface area contributed by atoms with Gasteiger partial charge in [0.25, 0.3) is 5.91 Å². The van der Waals surface area contributed by atoms with Crippen molar-refractivity contribution in [3.8, 4) is 11.3 Å². The summed E-state index contributed by atoms with van der Waals surface area (Å²) in [7, 11) is 0. The largest absolute Gasteiger partial charge is 0.338 e. The van der Waals surface area contributed by atoms with Crippen molar-refractivity contribution in [1.82, 2.24) is 10.5 Å². The molecule has 2 fully saturated rings. The van der Waals surface area contributed by atoms with Crippen LogP contribution < -0.4 is 10.6 Å². The van der Waals surface area contributed by atoms with Crippen LogP contribution in [-0.4, -0.2) is 23.7 Å². The summed E-state index contributed by atoms with van der Waals surface area (Å²) in [6.07, 6.45) is 3.96. The van der Waals surface area contributed by atoms with Crippen molar-refractivity contribution in [1.29, 1.82) is 0 Å². The lowest BCUT2D eigenvalue weighted by Crippen LogP contribution is -2.20. The minimum Gasteiger partial charge on any atom is -0.338 e. The number of hydrogen-bond acceptors (Lipinski definition) is 4. The van der Waals surface area contributed by atoms with Crippen LogP contribution in [0.1, 0.15) is 41.1 Å². The minimum absolute atomic E-state index is 0.193. The van der Waals surface area contributed by atoms with Gasteiger partial charge in [0.15, 0.2) is 0 Å². The molecule has 28 heavy (non-hydrogen) atoms. The zero-order valence-corrected chi connectivity index (χ0v) is 15.6. The maximum Gasteiger partial charge on any atom is 0.258 e. The fourth-order valence-electron chi connectivity index (χ4n) is 3.57. The van der Waals surface area contributed by atoms with Gasteiger partial charge in [0, 0.05) is 29.2 Å². The van der Waals surface area contributed by atoms with Crippen molar-refractivity contribution in [2.45, 2.75) is 31.2 Å². The topological polar surface area (TPSA) is 67.2 Å². The van der Waals surface area contributed by atoms with Crippen LogP contribution in [0.15, 0.2) is 65.2 Å². The number of amides is 1. The van der Waals surface area contributed by atoms with Crippen LogP contribution in [0.4, 0.5) is 5.88 Å². The van der Waals surface area contributed by atoms with Crippen LogP contribution in [0.5, 0.6) is 0 Å². The summed E-state index contributed by atoms with van der Waals surface area (Å²) >= 11 is 0. The zero-order valence-electron chi connectivity index (χ0n) is 15.6. The quantitative estimate of drug-likeness (QED) is 0.642. The number of nitrogens with zero attached hydrogens (tertiary/aromatic N) is 1. The molecule has 0 spiro atoms. The number of nitrogens with one attached hydrogen (secondary N) is 2. The molecule has 0 bridgehead atoms. The molecule has 0 saturated heterocycles. The molecular weight excluding hydrogens is 350 g/mol. The second-order valence-corrected chi connectivity index (χ2v) is 7.82. The Labute approximate surface area is 164 Å². The zero-order chi connectivity index (χ0) is 18.9. The Balaban J connectivity index is 1.18. The molecule has 1 amide bonds. The van der Waals surface area contributed by atoms with Crippen molar-refractivity contribution in [2.24, 2.45) is 5.92 Å². The normalized spacial score (nSPS) is 20.7. The third kappa shape index (κ3) is 3.85. The molecule has 2 aliphatic carbocycles. The molecule has 5 rings (SSSR count). The Morgan fingerprint density at radius 2 is 1.86 bits per heavy atom. The number of hydrogen-bond donors (Lipinski definition) is 2. The molecule has 5 heteroatoms. The molecule has 1 aromatic heterocycles. The summed E-state index contributed by atoms with van der Waals surface area (Å²) in [4.78, 5) is 12.5. The summed E-state index contributed by atoms with van der Waals surface area (Å²) < 4.78 is 5.26. The van der Waals surface area contributed by atoms with Gasteiger partial charge in [-0.15, -0.1) is 0 Å². The van der Waals surface area contributed by atoms with E-state index in [9.17, 15) is 4.79 Å². The average molecular weight is 373 g/mol. The van der Waals surface area contributed by atoms with Crippen molar-refractivity contribution in [3.63, 3.8) is 0 Å². The first-order valence-corrected chi connectivity index (χ1v) is 9.93. The van der Waals surface area contributed by atoms with E-state index >= 15 is 0 Å². The van der Waals surface area contributed by atoms with E-state index in [-0.39, 0.29) is 5.91 Å². The van der Waals surface area contributed by atoms with E-state index in [2.05, 4.69) is 27.9 Å². The molecule has 2 saturated carbocycles. The summed E-state index contributed by atoms with van der Waals surface area (Å²) in [6, 6.07) is 20.0. The third-order valence-electron chi connectivity index (χ3n) is 5.57. The average Bonchev–Trinajstić information content (AvgIpc) is 3.65. The Morgan fingerprint density at radius 3 is 2.61 bits per heavy atom. The Morgan fingerprint density at radius 1 is 1.07 bits per heavy atom. The van der Waals surface area contributed by atoms with Gasteiger partial charge in [0.2, 0.25) is 5.88 Å². The predicted octanol–water partition coefficient (Wildman–Crippen LogP) is 4.45. The predicted molar refractivity (Wildman–Crippen MR) is 108 cm³/mol. The van der Waals surface area contributed by atoms with Gasteiger partial charge in [0.1, 0.15) is 5.69 Å². The van der Waals surface area contributed by atoms with Crippen molar-refractivity contribution in [3.05, 3.63) is 71.8 Å². The van der Waals surface area contributed by atoms with Crippen molar-refractivity contribution in [2.75, 3.05) is 11.9 Å². The lowest BCUT2D eigenvalue weighted by Gasteiger charge is -2.05. The third-order valence-corrected chi connectivity index (χ3v) is 5.57. The molecular formula is C23H23N3O2. The Kier molecular flexibility index (Phi) is 4.45. The van der Waals surface area contributed by atoms with Gasteiger partial charge in [0.05, 0.1) is 0 Å². The van der Waals surface area contributed by atoms with E-state index in [1.54, 1.807) is 6.07 Å². The Hall–Kier alpha value is -2.92. The van der Waals surface area contributed by atoms with Crippen LogP contribution in [0, 0.1) is 5.92 Å². The molecule has 0 radical (unpaired) electrons. The number of carbonyl (C=O) groups excluding carboxylic acids is 1. The van der Waals surface area contributed by atoms with Crippen molar-refractivity contribution >= 4 is 11.8 Å².